The molecule has 3 aromatic rings. The summed E-state index contributed by atoms with van der Waals surface area (Å²) in [6, 6.07) is 13.2. The van der Waals surface area contributed by atoms with Crippen molar-refractivity contribution in [2.45, 2.75) is 13.8 Å². The summed E-state index contributed by atoms with van der Waals surface area (Å²) in [6.07, 6.45) is 0. The molecule has 0 spiro atoms. The number of aromatic nitrogens is 1. The number of methoxy groups -OCH3 is 1. The number of aromatic carboxylic acids is 1. The zero-order valence-corrected chi connectivity index (χ0v) is 16.7. The number of hydrogen-bond donors (Lipinski definition) is 1. The average molecular weight is 399 g/mol. The molecule has 0 radical (unpaired) electrons. The number of hydrogen-bond acceptors (Lipinski definition) is 6. The molecule has 1 heterocycles. The van der Waals surface area contributed by atoms with Gasteiger partial charge in [0.1, 0.15) is 40.3 Å². The highest BCUT2D eigenvalue weighted by molar-refractivity contribution is 7.17. The van der Waals surface area contributed by atoms with Crippen molar-refractivity contribution in [2.75, 3.05) is 20.3 Å². The number of carboxylic acid groups (broad SMARTS) is 1. The van der Waals surface area contributed by atoms with Gasteiger partial charge in [-0.05, 0) is 43.7 Å². The van der Waals surface area contributed by atoms with Crippen LogP contribution in [-0.4, -0.2) is 36.4 Å². The molecule has 1 N–H and O–H groups in total. The zero-order chi connectivity index (χ0) is 20.1. The molecule has 0 amide bonds. The molecule has 0 unspecified atom stereocenters. The molecule has 3 rings (SSSR count). The Balaban J connectivity index is 1.75. The minimum Gasteiger partial charge on any atom is -0.497 e. The first-order chi connectivity index (χ1) is 13.5. The predicted octanol–water partition coefficient (Wildman–Crippen LogP) is 4.59. The molecule has 0 aliphatic rings. The lowest BCUT2D eigenvalue weighted by molar-refractivity contribution is 0.0701. The van der Waals surface area contributed by atoms with Crippen molar-refractivity contribution in [1.29, 1.82) is 0 Å². The molecular weight excluding hydrogens is 378 g/mol. The van der Waals surface area contributed by atoms with Crippen LogP contribution < -0.4 is 14.2 Å². The van der Waals surface area contributed by atoms with Crippen molar-refractivity contribution in [3.8, 4) is 27.8 Å². The van der Waals surface area contributed by atoms with Gasteiger partial charge in [0.25, 0.3) is 0 Å². The lowest BCUT2D eigenvalue weighted by Gasteiger charge is -2.12. The molecule has 0 saturated carbocycles. The Labute approximate surface area is 167 Å². The first kappa shape index (κ1) is 19.7. The van der Waals surface area contributed by atoms with Crippen molar-refractivity contribution < 1.29 is 24.1 Å². The van der Waals surface area contributed by atoms with E-state index in [-0.39, 0.29) is 4.88 Å². The Morgan fingerprint density at radius 3 is 2.54 bits per heavy atom. The van der Waals surface area contributed by atoms with Gasteiger partial charge in [-0.2, -0.15) is 0 Å². The highest BCUT2D eigenvalue weighted by Crippen LogP contribution is 2.37. The fourth-order valence-corrected chi connectivity index (χ4v) is 3.59. The number of benzene rings is 2. The largest absolute Gasteiger partial charge is 0.497 e. The van der Waals surface area contributed by atoms with Gasteiger partial charge in [0.15, 0.2) is 0 Å². The highest BCUT2D eigenvalue weighted by atomic mass is 32.1. The summed E-state index contributed by atoms with van der Waals surface area (Å²) in [5.74, 6) is 1.02. The van der Waals surface area contributed by atoms with Crippen LogP contribution in [0.3, 0.4) is 0 Å². The van der Waals surface area contributed by atoms with Crippen molar-refractivity contribution in [3.05, 3.63) is 58.6 Å². The van der Waals surface area contributed by atoms with E-state index < -0.39 is 5.97 Å². The van der Waals surface area contributed by atoms with Gasteiger partial charge in [-0.3, -0.25) is 0 Å². The predicted molar refractivity (Wildman–Crippen MR) is 108 cm³/mol. The van der Waals surface area contributed by atoms with Gasteiger partial charge in [-0.15, -0.1) is 11.3 Å². The second kappa shape index (κ2) is 8.75. The van der Waals surface area contributed by atoms with Crippen LogP contribution >= 0.6 is 11.3 Å². The van der Waals surface area contributed by atoms with E-state index in [0.29, 0.717) is 35.4 Å². The van der Waals surface area contributed by atoms with Gasteiger partial charge in [0.2, 0.25) is 0 Å². The molecular formula is C21H21NO5S. The molecule has 1 aromatic heterocycles. The summed E-state index contributed by atoms with van der Waals surface area (Å²) < 4.78 is 16.9. The van der Waals surface area contributed by atoms with E-state index in [0.717, 1.165) is 28.2 Å². The third-order valence-corrected chi connectivity index (χ3v) is 5.19. The molecule has 0 aliphatic heterocycles. The topological polar surface area (TPSA) is 77.9 Å². The fraction of sp³-hybridized carbons (Fsp3) is 0.238. The summed E-state index contributed by atoms with van der Waals surface area (Å²) >= 11 is 1.12. The van der Waals surface area contributed by atoms with Crippen LogP contribution in [0, 0.1) is 13.8 Å². The van der Waals surface area contributed by atoms with Crippen LogP contribution in [0.2, 0.25) is 0 Å². The lowest BCUT2D eigenvalue weighted by atomic mass is 10.2. The summed E-state index contributed by atoms with van der Waals surface area (Å²) in [6.45, 7) is 4.39. The molecule has 0 atom stereocenters. The summed E-state index contributed by atoms with van der Waals surface area (Å²) in [7, 11) is 1.58. The van der Waals surface area contributed by atoms with Gasteiger partial charge in [0, 0.05) is 6.07 Å². The van der Waals surface area contributed by atoms with Gasteiger partial charge in [-0.1, -0.05) is 12.1 Å². The maximum absolute atomic E-state index is 11.3. The van der Waals surface area contributed by atoms with Crippen molar-refractivity contribution >= 4 is 17.3 Å². The normalized spacial score (nSPS) is 10.5. The van der Waals surface area contributed by atoms with Crippen LogP contribution in [0.15, 0.2) is 42.5 Å². The quantitative estimate of drug-likeness (QED) is 0.558. The highest BCUT2D eigenvalue weighted by Gasteiger charge is 2.18. The number of thiazole rings is 1. The number of carboxylic acids is 1. The van der Waals surface area contributed by atoms with E-state index in [1.165, 1.54) is 0 Å². The van der Waals surface area contributed by atoms with E-state index in [9.17, 15) is 9.90 Å². The van der Waals surface area contributed by atoms with E-state index in [1.807, 2.05) is 37.3 Å². The lowest BCUT2D eigenvalue weighted by Crippen LogP contribution is -2.09. The Kier molecular flexibility index (Phi) is 6.16. The maximum Gasteiger partial charge on any atom is 0.347 e. The monoisotopic (exact) mass is 399 g/mol. The van der Waals surface area contributed by atoms with Crippen LogP contribution in [0.4, 0.5) is 0 Å². The Hall–Kier alpha value is -3.06. The SMILES string of the molecule is COc1ccc(-c2nc(C)c(C(=O)O)s2)c(OCCOc2cccc(C)c2)c1. The third-order valence-electron chi connectivity index (χ3n) is 4.01. The molecule has 6 nitrogen and oxygen atoms in total. The molecule has 0 aliphatic carbocycles. The summed E-state index contributed by atoms with van der Waals surface area (Å²) in [4.78, 5) is 15.9. The van der Waals surface area contributed by atoms with E-state index in [2.05, 4.69) is 4.98 Å². The fourth-order valence-electron chi connectivity index (χ4n) is 2.65. The molecule has 2 aromatic carbocycles. The van der Waals surface area contributed by atoms with Crippen LogP contribution in [0.5, 0.6) is 17.2 Å². The van der Waals surface area contributed by atoms with Crippen molar-refractivity contribution in [3.63, 3.8) is 0 Å². The average Bonchev–Trinajstić information content (AvgIpc) is 3.07. The van der Waals surface area contributed by atoms with Gasteiger partial charge >= 0.3 is 5.97 Å². The molecule has 0 fully saturated rings. The number of nitrogens with zero attached hydrogens (tertiary/aromatic N) is 1. The molecule has 28 heavy (non-hydrogen) atoms. The Morgan fingerprint density at radius 2 is 1.86 bits per heavy atom. The van der Waals surface area contributed by atoms with Gasteiger partial charge in [0.05, 0.1) is 18.4 Å². The summed E-state index contributed by atoms with van der Waals surface area (Å²) in [5.41, 5.74) is 2.33. The van der Waals surface area contributed by atoms with Crippen molar-refractivity contribution in [1.82, 2.24) is 4.98 Å². The first-order valence-corrected chi connectivity index (χ1v) is 9.51. The van der Waals surface area contributed by atoms with E-state index >= 15 is 0 Å². The Morgan fingerprint density at radius 1 is 1.07 bits per heavy atom. The number of rotatable bonds is 8. The molecule has 7 heteroatoms. The number of ether oxygens (including phenoxy) is 3. The van der Waals surface area contributed by atoms with Gasteiger partial charge < -0.3 is 19.3 Å². The molecule has 0 saturated heterocycles. The van der Waals surface area contributed by atoms with Crippen LogP contribution in [-0.2, 0) is 0 Å². The minimum atomic E-state index is -0.983. The maximum atomic E-state index is 11.3. The molecule has 0 bridgehead atoms. The smallest absolute Gasteiger partial charge is 0.347 e. The second-order valence-electron chi connectivity index (χ2n) is 6.11. The Bertz CT molecular complexity index is 983. The third kappa shape index (κ3) is 4.61. The number of aryl methyl sites for hydroxylation is 2. The number of carbonyl (C=O) groups is 1. The first-order valence-electron chi connectivity index (χ1n) is 8.69. The van der Waals surface area contributed by atoms with Gasteiger partial charge in [-0.25, -0.2) is 9.78 Å². The summed E-state index contributed by atoms with van der Waals surface area (Å²) in [5, 5.41) is 9.87. The van der Waals surface area contributed by atoms with E-state index in [4.69, 9.17) is 14.2 Å². The standard InChI is InChI=1S/C21H21NO5S/c1-13-5-4-6-16(11-13)26-9-10-27-18-12-15(25-3)7-8-17(18)20-22-14(2)19(28-20)21(23)24/h4-8,11-12H,9-10H2,1-3H3,(H,23,24). The second-order valence-corrected chi connectivity index (χ2v) is 7.11. The van der Waals surface area contributed by atoms with E-state index in [1.54, 1.807) is 26.2 Å². The molecule has 146 valence electrons. The van der Waals surface area contributed by atoms with Crippen molar-refractivity contribution in [2.24, 2.45) is 0 Å². The minimum absolute atomic E-state index is 0.222. The van der Waals surface area contributed by atoms with Crippen LogP contribution in [0.25, 0.3) is 10.6 Å². The van der Waals surface area contributed by atoms with Crippen LogP contribution in [0.1, 0.15) is 20.9 Å². The zero-order valence-electron chi connectivity index (χ0n) is 15.9.